The van der Waals surface area contributed by atoms with E-state index in [1.807, 2.05) is 5.43 Å². The zero-order chi connectivity index (χ0) is 10.8. The summed E-state index contributed by atoms with van der Waals surface area (Å²) in [4.78, 5) is 20.8. The maximum Gasteiger partial charge on any atom is 0.329 e. The summed E-state index contributed by atoms with van der Waals surface area (Å²) in [7, 11) is 0. The van der Waals surface area contributed by atoms with Crippen molar-refractivity contribution in [2.24, 2.45) is 10.8 Å². The average molecular weight is 199 g/mol. The highest BCUT2D eigenvalue weighted by molar-refractivity contribution is 6.34. The Kier molecular flexibility index (Phi) is 7.40. The Morgan fingerprint density at radius 3 is 2.64 bits per heavy atom. The molecular weight excluding hydrogens is 182 g/mol. The van der Waals surface area contributed by atoms with Crippen LogP contribution < -0.4 is 11.2 Å². The Hall–Kier alpha value is -1.39. The summed E-state index contributed by atoms with van der Waals surface area (Å²) >= 11 is 0. The van der Waals surface area contributed by atoms with Gasteiger partial charge < -0.3 is 5.73 Å². The van der Waals surface area contributed by atoms with Gasteiger partial charge in [0.15, 0.2) is 0 Å². The van der Waals surface area contributed by atoms with Crippen molar-refractivity contribution in [2.45, 2.75) is 39.0 Å². The lowest BCUT2D eigenvalue weighted by Gasteiger charge is -1.94. The Morgan fingerprint density at radius 2 is 2.07 bits per heavy atom. The second-order valence-corrected chi connectivity index (χ2v) is 2.97. The number of hydrogen-bond donors (Lipinski definition) is 2. The topological polar surface area (TPSA) is 84.6 Å². The lowest BCUT2D eigenvalue weighted by Crippen LogP contribution is -2.32. The van der Waals surface area contributed by atoms with E-state index in [0.29, 0.717) is 0 Å². The van der Waals surface area contributed by atoms with Crippen molar-refractivity contribution in [3.05, 3.63) is 0 Å². The van der Waals surface area contributed by atoms with E-state index in [1.54, 1.807) is 6.21 Å². The molecule has 0 heterocycles. The molecule has 0 radical (unpaired) electrons. The zero-order valence-corrected chi connectivity index (χ0v) is 8.45. The van der Waals surface area contributed by atoms with E-state index in [9.17, 15) is 9.59 Å². The Balaban J connectivity index is 3.36. The molecule has 0 unspecified atom stereocenters. The molecule has 0 saturated heterocycles. The maximum atomic E-state index is 10.6. The van der Waals surface area contributed by atoms with E-state index in [-0.39, 0.29) is 0 Å². The standard InChI is InChI=1S/C9H17N3O2/c1-2-3-4-5-6-7-11-12-9(14)8(10)13/h7H,2-6H2,1H3,(H2,10,13)(H,12,14)/b11-7-. The van der Waals surface area contributed by atoms with Crippen LogP contribution >= 0.6 is 0 Å². The number of carbonyl (C=O) groups excluding carboxylic acids is 2. The summed E-state index contributed by atoms with van der Waals surface area (Å²) in [6.07, 6.45) is 6.99. The zero-order valence-electron chi connectivity index (χ0n) is 8.45. The molecule has 0 aromatic rings. The fourth-order valence-electron chi connectivity index (χ4n) is 0.886. The number of hydrogen-bond acceptors (Lipinski definition) is 3. The molecule has 5 nitrogen and oxygen atoms in total. The first-order valence-electron chi connectivity index (χ1n) is 4.79. The van der Waals surface area contributed by atoms with Crippen LogP contribution in [0, 0.1) is 0 Å². The van der Waals surface area contributed by atoms with E-state index in [0.717, 1.165) is 19.3 Å². The molecule has 3 N–H and O–H groups in total. The molecule has 0 atom stereocenters. The number of nitrogens with two attached hydrogens (primary N) is 1. The number of primary amides is 1. The van der Waals surface area contributed by atoms with Crippen LogP contribution in [-0.4, -0.2) is 18.0 Å². The molecule has 5 heteroatoms. The van der Waals surface area contributed by atoms with Crippen LogP contribution in [0.1, 0.15) is 39.0 Å². The Labute approximate surface area is 83.7 Å². The predicted octanol–water partition coefficient (Wildman–Crippen LogP) is 0.544. The molecule has 0 spiro atoms. The van der Waals surface area contributed by atoms with Crippen molar-refractivity contribution >= 4 is 18.0 Å². The molecule has 0 rings (SSSR count). The van der Waals surface area contributed by atoms with E-state index >= 15 is 0 Å². The smallest absolute Gasteiger partial charge is 0.329 e. The highest BCUT2D eigenvalue weighted by Crippen LogP contribution is 2.00. The van der Waals surface area contributed by atoms with E-state index in [4.69, 9.17) is 5.73 Å². The van der Waals surface area contributed by atoms with Crippen LogP contribution in [0.25, 0.3) is 0 Å². The molecule has 0 aromatic heterocycles. The van der Waals surface area contributed by atoms with Crippen molar-refractivity contribution in [3.8, 4) is 0 Å². The largest absolute Gasteiger partial charge is 0.361 e. The predicted molar refractivity (Wildman–Crippen MR) is 54.6 cm³/mol. The van der Waals surface area contributed by atoms with Crippen molar-refractivity contribution in [1.82, 2.24) is 5.43 Å². The van der Waals surface area contributed by atoms with E-state index in [1.165, 1.54) is 12.8 Å². The third kappa shape index (κ3) is 7.27. The average Bonchev–Trinajstić information content (AvgIpc) is 2.16. The number of nitrogens with zero attached hydrogens (tertiary/aromatic N) is 1. The Morgan fingerprint density at radius 1 is 1.36 bits per heavy atom. The van der Waals surface area contributed by atoms with Gasteiger partial charge in [0.05, 0.1) is 0 Å². The van der Waals surface area contributed by atoms with E-state index < -0.39 is 11.8 Å². The first-order valence-corrected chi connectivity index (χ1v) is 4.79. The minimum Gasteiger partial charge on any atom is -0.361 e. The molecule has 0 aliphatic carbocycles. The van der Waals surface area contributed by atoms with Crippen molar-refractivity contribution in [3.63, 3.8) is 0 Å². The lowest BCUT2D eigenvalue weighted by atomic mass is 10.2. The van der Waals surface area contributed by atoms with Gasteiger partial charge in [-0.3, -0.25) is 9.59 Å². The number of carbonyl (C=O) groups is 2. The SMILES string of the molecule is CCCCCC/C=N\NC(=O)C(N)=O. The third-order valence-corrected chi connectivity index (χ3v) is 1.67. The van der Waals surface area contributed by atoms with Crippen molar-refractivity contribution in [1.29, 1.82) is 0 Å². The number of unbranched alkanes of at least 4 members (excludes halogenated alkanes) is 4. The first kappa shape index (κ1) is 12.6. The summed E-state index contributed by atoms with van der Waals surface area (Å²) in [5.74, 6) is -1.90. The van der Waals surface area contributed by atoms with Crippen LogP contribution in [-0.2, 0) is 9.59 Å². The van der Waals surface area contributed by atoms with Gasteiger partial charge in [-0.15, -0.1) is 0 Å². The monoisotopic (exact) mass is 199 g/mol. The Bertz CT molecular complexity index is 214. The van der Waals surface area contributed by atoms with Gasteiger partial charge in [0.25, 0.3) is 0 Å². The first-order chi connectivity index (χ1) is 6.68. The van der Waals surface area contributed by atoms with Gasteiger partial charge in [0.1, 0.15) is 0 Å². The molecule has 0 aliphatic heterocycles. The summed E-state index contributed by atoms with van der Waals surface area (Å²) in [5.41, 5.74) is 6.72. The van der Waals surface area contributed by atoms with Crippen molar-refractivity contribution in [2.75, 3.05) is 0 Å². The number of rotatable bonds is 6. The van der Waals surface area contributed by atoms with Gasteiger partial charge in [0.2, 0.25) is 0 Å². The minimum atomic E-state index is -1.02. The van der Waals surface area contributed by atoms with Gasteiger partial charge in [0, 0.05) is 6.21 Å². The van der Waals surface area contributed by atoms with Gasteiger partial charge >= 0.3 is 11.8 Å². The molecule has 2 amide bonds. The second kappa shape index (κ2) is 8.22. The van der Waals surface area contributed by atoms with Crippen LogP contribution in [0.4, 0.5) is 0 Å². The van der Waals surface area contributed by atoms with Crippen LogP contribution in [0.5, 0.6) is 0 Å². The molecule has 0 saturated carbocycles. The quantitative estimate of drug-likeness (QED) is 0.283. The van der Waals surface area contributed by atoms with Gasteiger partial charge in [-0.1, -0.05) is 26.2 Å². The van der Waals surface area contributed by atoms with Crippen LogP contribution in [0.2, 0.25) is 0 Å². The summed E-state index contributed by atoms with van der Waals surface area (Å²) in [6, 6.07) is 0. The number of hydrazone groups is 1. The fraction of sp³-hybridized carbons (Fsp3) is 0.667. The number of amides is 2. The van der Waals surface area contributed by atoms with E-state index in [2.05, 4.69) is 12.0 Å². The molecule has 0 aromatic carbocycles. The van der Waals surface area contributed by atoms with Gasteiger partial charge in [-0.25, -0.2) is 5.43 Å². The second-order valence-electron chi connectivity index (χ2n) is 2.97. The third-order valence-electron chi connectivity index (χ3n) is 1.67. The normalized spacial score (nSPS) is 10.4. The minimum absolute atomic E-state index is 0.805. The van der Waals surface area contributed by atoms with Gasteiger partial charge in [-0.2, -0.15) is 5.10 Å². The fourth-order valence-corrected chi connectivity index (χ4v) is 0.886. The van der Waals surface area contributed by atoms with Crippen LogP contribution in [0.3, 0.4) is 0 Å². The molecule has 80 valence electrons. The molecule has 0 fully saturated rings. The van der Waals surface area contributed by atoms with Gasteiger partial charge in [-0.05, 0) is 12.8 Å². The lowest BCUT2D eigenvalue weighted by molar-refractivity contribution is -0.137. The molecule has 0 bridgehead atoms. The highest BCUT2D eigenvalue weighted by Gasteiger charge is 2.04. The van der Waals surface area contributed by atoms with Crippen LogP contribution in [0.15, 0.2) is 5.10 Å². The summed E-state index contributed by atoms with van der Waals surface area (Å²) in [6.45, 7) is 2.14. The summed E-state index contributed by atoms with van der Waals surface area (Å²) < 4.78 is 0. The summed E-state index contributed by atoms with van der Waals surface area (Å²) in [5, 5.41) is 3.56. The molecule has 0 aliphatic rings. The highest BCUT2D eigenvalue weighted by atomic mass is 16.2. The van der Waals surface area contributed by atoms with Crippen molar-refractivity contribution < 1.29 is 9.59 Å². The maximum absolute atomic E-state index is 10.6. The molecular formula is C9H17N3O2. The number of nitrogens with one attached hydrogen (secondary N) is 1. The molecule has 14 heavy (non-hydrogen) atoms.